The molecule has 0 aliphatic carbocycles. The molecule has 2 aliphatic heterocycles. The molecule has 0 amide bonds. The highest BCUT2D eigenvalue weighted by Crippen LogP contribution is 2.25. The summed E-state index contributed by atoms with van der Waals surface area (Å²) in [5.41, 5.74) is 2.51. The topological polar surface area (TPSA) is 59.9 Å². The van der Waals surface area contributed by atoms with Gasteiger partial charge in [0.2, 0.25) is 0 Å². The summed E-state index contributed by atoms with van der Waals surface area (Å²) >= 11 is 2.07. The van der Waals surface area contributed by atoms with Gasteiger partial charge in [-0.15, -0.1) is 24.0 Å². The summed E-state index contributed by atoms with van der Waals surface area (Å²) in [7, 11) is 0. The van der Waals surface area contributed by atoms with Gasteiger partial charge in [0, 0.05) is 43.7 Å². The molecule has 0 aromatic heterocycles. The molecule has 3 rings (SSSR count). The van der Waals surface area contributed by atoms with E-state index in [2.05, 4.69) is 58.5 Å². The number of hydrogen-bond donors (Lipinski definition) is 3. The maximum atomic E-state index is 9.28. The Kier molecular flexibility index (Phi) is 10.8. The minimum Gasteiger partial charge on any atom is -0.396 e. The van der Waals surface area contributed by atoms with Gasteiger partial charge < -0.3 is 20.6 Å². The lowest BCUT2D eigenvalue weighted by atomic mass is 9.97. The number of guanidine groups is 1. The van der Waals surface area contributed by atoms with Gasteiger partial charge in [-0.3, -0.25) is 0 Å². The molecule has 5 nitrogen and oxygen atoms in total. The molecule has 1 aromatic rings. The second-order valence-electron chi connectivity index (χ2n) is 7.49. The molecule has 3 N–H and O–H groups in total. The lowest BCUT2D eigenvalue weighted by Gasteiger charge is -2.32. The first-order chi connectivity index (χ1) is 13.3. The van der Waals surface area contributed by atoms with Crippen LogP contribution in [0.1, 0.15) is 38.2 Å². The average Bonchev–Trinajstić information content (AvgIpc) is 3.24. The Morgan fingerprint density at radius 1 is 1.18 bits per heavy atom. The summed E-state index contributed by atoms with van der Waals surface area (Å²) in [6.45, 7) is 7.08. The van der Waals surface area contributed by atoms with Crippen molar-refractivity contribution in [3.8, 4) is 0 Å². The van der Waals surface area contributed by atoms with Crippen LogP contribution in [0.15, 0.2) is 29.3 Å². The predicted octanol–water partition coefficient (Wildman–Crippen LogP) is 3.46. The number of aliphatic hydroxyl groups excluding tert-OH is 1. The zero-order valence-electron chi connectivity index (χ0n) is 16.9. The van der Waals surface area contributed by atoms with Crippen LogP contribution >= 0.6 is 35.7 Å². The van der Waals surface area contributed by atoms with Crippen molar-refractivity contribution >= 4 is 47.4 Å². The van der Waals surface area contributed by atoms with Crippen molar-refractivity contribution in [3.63, 3.8) is 0 Å². The summed E-state index contributed by atoms with van der Waals surface area (Å²) in [6, 6.07) is 8.79. The van der Waals surface area contributed by atoms with Crippen LogP contribution in [0.2, 0.25) is 0 Å². The number of halogens is 1. The van der Waals surface area contributed by atoms with Crippen molar-refractivity contribution in [1.29, 1.82) is 0 Å². The van der Waals surface area contributed by atoms with E-state index in [1.54, 1.807) is 0 Å². The Morgan fingerprint density at radius 2 is 1.93 bits per heavy atom. The van der Waals surface area contributed by atoms with Crippen LogP contribution in [0.4, 0.5) is 5.69 Å². The fraction of sp³-hybridized carbons (Fsp3) is 0.667. The zero-order chi connectivity index (χ0) is 18.9. The zero-order valence-corrected chi connectivity index (χ0v) is 20.0. The number of thioether (sulfide) groups is 1. The molecule has 1 aromatic carbocycles. The second-order valence-corrected chi connectivity index (χ2v) is 8.90. The summed E-state index contributed by atoms with van der Waals surface area (Å²) in [6.07, 6.45) is 4.82. The van der Waals surface area contributed by atoms with Gasteiger partial charge in [-0.25, -0.2) is 4.99 Å². The van der Waals surface area contributed by atoms with E-state index in [-0.39, 0.29) is 24.0 Å². The van der Waals surface area contributed by atoms with Crippen molar-refractivity contribution < 1.29 is 5.11 Å². The first-order valence-corrected chi connectivity index (χ1v) is 11.4. The monoisotopic (exact) mass is 518 g/mol. The first-order valence-electron chi connectivity index (χ1n) is 10.4. The van der Waals surface area contributed by atoms with Crippen LogP contribution in [0.5, 0.6) is 0 Å². The second kappa shape index (κ2) is 12.8. The molecular weight excluding hydrogens is 483 g/mol. The summed E-state index contributed by atoms with van der Waals surface area (Å²) < 4.78 is 0. The normalized spacial score (nSPS) is 20.7. The Bertz CT molecular complexity index is 585. The SMILES string of the molecule is CCNC(=NCc1ccc(N2CCC(CO)CC2)cc1)NCC1CCCS1.I. The van der Waals surface area contributed by atoms with Gasteiger partial charge in [0.15, 0.2) is 5.96 Å². The number of nitrogens with zero attached hydrogens (tertiary/aromatic N) is 2. The lowest BCUT2D eigenvalue weighted by Crippen LogP contribution is -2.40. The predicted molar refractivity (Wildman–Crippen MR) is 132 cm³/mol. The van der Waals surface area contributed by atoms with E-state index in [0.29, 0.717) is 19.1 Å². The van der Waals surface area contributed by atoms with Crippen molar-refractivity contribution in [3.05, 3.63) is 29.8 Å². The van der Waals surface area contributed by atoms with Gasteiger partial charge in [-0.05, 0) is 62.0 Å². The number of piperidine rings is 1. The molecule has 0 bridgehead atoms. The Hall–Kier alpha value is -0.670. The minimum atomic E-state index is 0. The molecule has 1 unspecified atom stereocenters. The quantitative estimate of drug-likeness (QED) is 0.293. The van der Waals surface area contributed by atoms with Crippen LogP contribution in [0.25, 0.3) is 0 Å². The Labute approximate surface area is 191 Å². The van der Waals surface area contributed by atoms with Gasteiger partial charge in [-0.1, -0.05) is 12.1 Å². The maximum absolute atomic E-state index is 9.28. The lowest BCUT2D eigenvalue weighted by molar-refractivity contribution is 0.203. The summed E-state index contributed by atoms with van der Waals surface area (Å²) in [4.78, 5) is 7.17. The van der Waals surface area contributed by atoms with E-state index in [1.807, 2.05) is 0 Å². The fourth-order valence-electron chi connectivity index (χ4n) is 3.71. The van der Waals surface area contributed by atoms with Gasteiger partial charge in [0.1, 0.15) is 0 Å². The highest BCUT2D eigenvalue weighted by molar-refractivity contribution is 14.0. The smallest absolute Gasteiger partial charge is 0.191 e. The number of hydrogen-bond acceptors (Lipinski definition) is 4. The highest BCUT2D eigenvalue weighted by atomic mass is 127. The van der Waals surface area contributed by atoms with Gasteiger partial charge in [-0.2, -0.15) is 11.8 Å². The van der Waals surface area contributed by atoms with Gasteiger partial charge >= 0.3 is 0 Å². The van der Waals surface area contributed by atoms with Crippen LogP contribution < -0.4 is 15.5 Å². The summed E-state index contributed by atoms with van der Waals surface area (Å²) in [5.74, 6) is 2.69. The molecule has 2 aliphatic rings. The molecule has 2 fully saturated rings. The van der Waals surface area contributed by atoms with Crippen molar-refractivity contribution in [2.24, 2.45) is 10.9 Å². The fourth-order valence-corrected chi connectivity index (χ4v) is 4.92. The number of anilines is 1. The van der Waals surface area contributed by atoms with Crippen LogP contribution in [0, 0.1) is 5.92 Å². The van der Waals surface area contributed by atoms with Gasteiger partial charge in [0.25, 0.3) is 0 Å². The van der Waals surface area contributed by atoms with E-state index in [4.69, 9.17) is 4.99 Å². The number of rotatable bonds is 7. The number of aliphatic imine (C=N–C) groups is 1. The average molecular weight is 519 g/mol. The van der Waals surface area contributed by atoms with Gasteiger partial charge in [0.05, 0.1) is 6.54 Å². The van der Waals surface area contributed by atoms with Crippen molar-refractivity contribution in [2.75, 3.05) is 43.4 Å². The summed E-state index contributed by atoms with van der Waals surface area (Å²) in [5, 5.41) is 16.9. The molecule has 2 saturated heterocycles. The number of nitrogens with one attached hydrogen (secondary N) is 2. The van der Waals surface area contributed by atoms with E-state index in [1.165, 1.54) is 29.8 Å². The molecule has 0 spiro atoms. The van der Waals surface area contributed by atoms with E-state index >= 15 is 0 Å². The molecule has 158 valence electrons. The molecule has 0 saturated carbocycles. The van der Waals surface area contributed by atoms with Crippen molar-refractivity contribution in [2.45, 2.75) is 44.4 Å². The third-order valence-electron chi connectivity index (χ3n) is 5.46. The molecule has 2 heterocycles. The van der Waals surface area contributed by atoms with Crippen LogP contribution in [-0.2, 0) is 6.54 Å². The largest absolute Gasteiger partial charge is 0.396 e. The standard InChI is InChI=1S/C21H34N4OS.HI/c1-2-22-21(24-15-20-4-3-13-27-20)23-14-17-5-7-19(8-6-17)25-11-9-18(16-26)10-12-25;/h5-8,18,20,26H,2-4,9-16H2,1H3,(H2,22,23,24);1H. The van der Waals surface area contributed by atoms with Crippen molar-refractivity contribution in [1.82, 2.24) is 10.6 Å². The number of benzene rings is 1. The molecule has 7 heteroatoms. The van der Waals surface area contributed by atoms with Crippen LogP contribution in [0.3, 0.4) is 0 Å². The third kappa shape index (κ3) is 7.30. The van der Waals surface area contributed by atoms with E-state index in [0.717, 1.165) is 50.2 Å². The molecular formula is C21H35IN4OS. The minimum absolute atomic E-state index is 0. The molecule has 28 heavy (non-hydrogen) atoms. The number of aliphatic hydroxyl groups is 1. The maximum Gasteiger partial charge on any atom is 0.191 e. The Balaban J connectivity index is 0.00000280. The molecule has 1 atom stereocenters. The van der Waals surface area contributed by atoms with E-state index < -0.39 is 0 Å². The first kappa shape index (κ1) is 23.6. The van der Waals surface area contributed by atoms with Crippen LogP contribution in [-0.4, -0.2) is 54.9 Å². The Morgan fingerprint density at radius 3 is 2.54 bits per heavy atom. The molecule has 0 radical (unpaired) electrons. The third-order valence-corrected chi connectivity index (χ3v) is 6.86. The highest BCUT2D eigenvalue weighted by Gasteiger charge is 2.18. The van der Waals surface area contributed by atoms with E-state index in [9.17, 15) is 5.11 Å².